The average molecular weight is 366 g/mol. The minimum absolute atomic E-state index is 0.191. The van der Waals surface area contributed by atoms with E-state index in [1.54, 1.807) is 0 Å². The van der Waals surface area contributed by atoms with E-state index in [1.165, 1.54) is 11.3 Å². The summed E-state index contributed by atoms with van der Waals surface area (Å²) >= 11 is 7.69. The van der Waals surface area contributed by atoms with Crippen LogP contribution in [0.3, 0.4) is 0 Å². The number of carbonyl (C=O) groups excluding carboxylic acids is 1. The molecule has 0 unspecified atom stereocenters. The molecule has 2 heterocycles. The Balaban J connectivity index is 1.72. The van der Waals surface area contributed by atoms with Crippen LogP contribution in [-0.2, 0) is 16.0 Å². The van der Waals surface area contributed by atoms with Gasteiger partial charge < -0.3 is 15.8 Å². The van der Waals surface area contributed by atoms with Gasteiger partial charge in [0.15, 0.2) is 5.13 Å². The van der Waals surface area contributed by atoms with Crippen molar-refractivity contribution in [1.82, 2.24) is 4.98 Å². The van der Waals surface area contributed by atoms with Crippen LogP contribution >= 0.6 is 22.9 Å². The van der Waals surface area contributed by atoms with Crippen molar-refractivity contribution in [2.24, 2.45) is 5.73 Å². The standard InChI is InChI=1S/C17H20ClN3O2S/c1-11-14(10-12-4-2-3-5-13(12)18)24-16(20-11)21-15(22)17(19)6-8-23-9-7-17/h2-5H,6-10,19H2,1H3,(H,20,21,22). The fourth-order valence-electron chi connectivity index (χ4n) is 2.64. The lowest BCUT2D eigenvalue weighted by Crippen LogP contribution is -2.54. The zero-order valence-electron chi connectivity index (χ0n) is 13.5. The second-order valence-electron chi connectivity index (χ2n) is 6.02. The van der Waals surface area contributed by atoms with E-state index in [-0.39, 0.29) is 5.91 Å². The molecule has 0 bridgehead atoms. The van der Waals surface area contributed by atoms with E-state index < -0.39 is 5.54 Å². The van der Waals surface area contributed by atoms with Crippen LogP contribution in [0.1, 0.15) is 29.0 Å². The van der Waals surface area contributed by atoms with Crippen LogP contribution in [0, 0.1) is 6.92 Å². The molecular weight excluding hydrogens is 346 g/mol. The summed E-state index contributed by atoms with van der Waals surface area (Å²) < 4.78 is 5.28. The predicted octanol–water partition coefficient (Wildman–Crippen LogP) is 3.14. The second-order valence-corrected chi connectivity index (χ2v) is 7.51. The number of carbonyl (C=O) groups is 1. The van der Waals surface area contributed by atoms with Gasteiger partial charge in [-0.25, -0.2) is 4.98 Å². The molecule has 0 aliphatic carbocycles. The van der Waals surface area contributed by atoms with E-state index in [0.717, 1.165) is 21.2 Å². The highest BCUT2D eigenvalue weighted by molar-refractivity contribution is 7.15. The predicted molar refractivity (Wildman–Crippen MR) is 96.7 cm³/mol. The molecular formula is C17H20ClN3O2S. The molecule has 128 valence electrons. The first-order valence-electron chi connectivity index (χ1n) is 7.86. The number of aryl methyl sites for hydroxylation is 1. The lowest BCUT2D eigenvalue weighted by atomic mass is 9.90. The van der Waals surface area contributed by atoms with Gasteiger partial charge in [0.05, 0.1) is 5.69 Å². The molecule has 24 heavy (non-hydrogen) atoms. The van der Waals surface area contributed by atoms with E-state index in [1.807, 2.05) is 31.2 Å². The molecule has 1 aliphatic rings. The maximum absolute atomic E-state index is 12.5. The number of aromatic nitrogens is 1. The number of thiazole rings is 1. The average Bonchev–Trinajstić information content (AvgIpc) is 2.90. The smallest absolute Gasteiger partial charge is 0.246 e. The van der Waals surface area contributed by atoms with Gasteiger partial charge in [-0.15, -0.1) is 11.3 Å². The Hall–Kier alpha value is -1.47. The molecule has 1 aromatic carbocycles. The first-order chi connectivity index (χ1) is 11.5. The number of nitrogens with two attached hydrogens (primary N) is 1. The molecule has 3 rings (SSSR count). The Morgan fingerprint density at radius 2 is 2.12 bits per heavy atom. The third-order valence-corrected chi connectivity index (χ3v) is 5.70. The van der Waals surface area contributed by atoms with Crippen molar-refractivity contribution in [3.05, 3.63) is 45.4 Å². The van der Waals surface area contributed by atoms with Crippen molar-refractivity contribution in [2.75, 3.05) is 18.5 Å². The minimum Gasteiger partial charge on any atom is -0.381 e. The van der Waals surface area contributed by atoms with Crippen molar-refractivity contribution in [1.29, 1.82) is 0 Å². The van der Waals surface area contributed by atoms with Gasteiger partial charge in [0.2, 0.25) is 5.91 Å². The fraction of sp³-hybridized carbons (Fsp3) is 0.412. The molecule has 1 aromatic heterocycles. The number of rotatable bonds is 4. The van der Waals surface area contributed by atoms with E-state index in [2.05, 4.69) is 10.3 Å². The van der Waals surface area contributed by atoms with Gasteiger partial charge in [0.25, 0.3) is 0 Å². The molecule has 1 amide bonds. The molecule has 1 saturated heterocycles. The Bertz CT molecular complexity index is 741. The molecule has 0 saturated carbocycles. The van der Waals surface area contributed by atoms with Crippen molar-refractivity contribution < 1.29 is 9.53 Å². The quantitative estimate of drug-likeness (QED) is 0.872. The Labute approximate surface area is 150 Å². The number of anilines is 1. The van der Waals surface area contributed by atoms with Crippen LogP contribution < -0.4 is 11.1 Å². The van der Waals surface area contributed by atoms with Gasteiger partial charge in [0.1, 0.15) is 5.54 Å². The molecule has 0 spiro atoms. The highest BCUT2D eigenvalue weighted by Crippen LogP contribution is 2.29. The maximum atomic E-state index is 12.5. The number of nitrogens with zero attached hydrogens (tertiary/aromatic N) is 1. The first kappa shape index (κ1) is 17.4. The molecule has 3 N–H and O–H groups in total. The van der Waals surface area contributed by atoms with Crippen molar-refractivity contribution in [3.63, 3.8) is 0 Å². The van der Waals surface area contributed by atoms with E-state index in [0.29, 0.717) is 37.6 Å². The number of hydrogen-bond donors (Lipinski definition) is 2. The summed E-state index contributed by atoms with van der Waals surface area (Å²) in [7, 11) is 0. The Morgan fingerprint density at radius 3 is 2.83 bits per heavy atom. The third kappa shape index (κ3) is 3.78. The zero-order chi connectivity index (χ0) is 17.2. The summed E-state index contributed by atoms with van der Waals surface area (Å²) in [5, 5.41) is 4.18. The number of amides is 1. The largest absolute Gasteiger partial charge is 0.381 e. The van der Waals surface area contributed by atoms with Gasteiger partial charge in [-0.1, -0.05) is 29.8 Å². The molecule has 7 heteroatoms. The van der Waals surface area contributed by atoms with Crippen LogP contribution in [0.15, 0.2) is 24.3 Å². The number of ether oxygens (including phenoxy) is 1. The van der Waals surface area contributed by atoms with Gasteiger partial charge in [-0.3, -0.25) is 4.79 Å². The topological polar surface area (TPSA) is 77.2 Å². The van der Waals surface area contributed by atoms with E-state index in [4.69, 9.17) is 22.1 Å². The van der Waals surface area contributed by atoms with Gasteiger partial charge in [0, 0.05) is 29.5 Å². The summed E-state index contributed by atoms with van der Waals surface area (Å²) in [6, 6.07) is 7.74. The number of benzene rings is 1. The van der Waals surface area contributed by atoms with E-state index >= 15 is 0 Å². The first-order valence-corrected chi connectivity index (χ1v) is 9.05. The summed E-state index contributed by atoms with van der Waals surface area (Å²) in [4.78, 5) is 18.0. The SMILES string of the molecule is Cc1nc(NC(=O)C2(N)CCOCC2)sc1Cc1ccccc1Cl. The highest BCUT2D eigenvalue weighted by atomic mass is 35.5. The van der Waals surface area contributed by atoms with E-state index in [9.17, 15) is 4.79 Å². The van der Waals surface area contributed by atoms with Gasteiger partial charge >= 0.3 is 0 Å². The summed E-state index contributed by atoms with van der Waals surface area (Å²) in [5.41, 5.74) is 7.27. The highest BCUT2D eigenvalue weighted by Gasteiger charge is 2.36. The number of nitrogens with one attached hydrogen (secondary N) is 1. The summed E-state index contributed by atoms with van der Waals surface area (Å²) in [6.07, 6.45) is 1.74. The Morgan fingerprint density at radius 1 is 1.42 bits per heavy atom. The monoisotopic (exact) mass is 365 g/mol. The van der Waals surface area contributed by atoms with Gasteiger partial charge in [-0.05, 0) is 31.4 Å². The minimum atomic E-state index is -0.874. The lowest BCUT2D eigenvalue weighted by molar-refractivity contribution is -0.124. The van der Waals surface area contributed by atoms with Crippen LogP contribution in [0.4, 0.5) is 5.13 Å². The lowest BCUT2D eigenvalue weighted by Gasteiger charge is -2.31. The molecule has 2 aromatic rings. The Kier molecular flexibility index (Phi) is 5.20. The maximum Gasteiger partial charge on any atom is 0.246 e. The zero-order valence-corrected chi connectivity index (χ0v) is 15.0. The van der Waals surface area contributed by atoms with Crippen molar-refractivity contribution in [3.8, 4) is 0 Å². The summed E-state index contributed by atoms with van der Waals surface area (Å²) in [5.74, 6) is -0.191. The van der Waals surface area contributed by atoms with Crippen molar-refractivity contribution >= 4 is 34.0 Å². The second kappa shape index (κ2) is 7.19. The van der Waals surface area contributed by atoms with Crippen molar-refractivity contribution in [2.45, 2.75) is 31.7 Å². The molecule has 1 aliphatic heterocycles. The normalized spacial score (nSPS) is 16.8. The third-order valence-electron chi connectivity index (χ3n) is 4.26. The van der Waals surface area contributed by atoms with Crippen LogP contribution in [0.2, 0.25) is 5.02 Å². The molecule has 5 nitrogen and oxygen atoms in total. The van der Waals surface area contributed by atoms with Crippen LogP contribution in [-0.4, -0.2) is 29.6 Å². The molecule has 0 radical (unpaired) electrons. The molecule has 1 fully saturated rings. The van der Waals surface area contributed by atoms with Crippen LogP contribution in [0.5, 0.6) is 0 Å². The number of hydrogen-bond acceptors (Lipinski definition) is 5. The number of halogens is 1. The van der Waals surface area contributed by atoms with Crippen LogP contribution in [0.25, 0.3) is 0 Å². The fourth-order valence-corrected chi connectivity index (χ4v) is 3.83. The van der Waals surface area contributed by atoms with Gasteiger partial charge in [-0.2, -0.15) is 0 Å². The summed E-state index contributed by atoms with van der Waals surface area (Å²) in [6.45, 7) is 2.96. The molecule has 0 atom stereocenters.